The molecule has 0 saturated heterocycles. The molecule has 0 spiro atoms. The van der Waals surface area contributed by atoms with Crippen molar-refractivity contribution in [3.8, 4) is 11.5 Å². The maximum atomic E-state index is 12.5. The molecule has 0 unspecified atom stereocenters. The summed E-state index contributed by atoms with van der Waals surface area (Å²) < 4.78 is 12.7. The summed E-state index contributed by atoms with van der Waals surface area (Å²) in [7, 11) is 0. The van der Waals surface area contributed by atoms with Crippen LogP contribution < -0.4 is 25.4 Å². The van der Waals surface area contributed by atoms with Gasteiger partial charge in [0.1, 0.15) is 18.7 Å². The largest absolute Gasteiger partial charge is 0.486 e. The normalized spacial score (nSPS) is 15.4. The van der Waals surface area contributed by atoms with Gasteiger partial charge >= 0.3 is 6.03 Å². The lowest BCUT2D eigenvalue weighted by atomic mass is 10.1. The Hall–Kier alpha value is -3.82. The van der Waals surface area contributed by atoms with Gasteiger partial charge in [-0.05, 0) is 43.2 Å². The molecule has 0 bridgehead atoms. The fourth-order valence-corrected chi connectivity index (χ4v) is 4.19. The van der Waals surface area contributed by atoms with Crippen LogP contribution >= 0.6 is 0 Å². The van der Waals surface area contributed by atoms with Crippen molar-refractivity contribution in [2.24, 2.45) is 0 Å². The minimum absolute atomic E-state index is 0.0733. The van der Waals surface area contributed by atoms with E-state index in [1.807, 2.05) is 6.07 Å². The fraction of sp³-hybridized carbons (Fsp3) is 0.391. The molecule has 1 aliphatic carbocycles. The summed E-state index contributed by atoms with van der Waals surface area (Å²) in [5, 5.41) is 17.0. The Balaban J connectivity index is 1.14. The van der Waals surface area contributed by atoms with E-state index in [0.29, 0.717) is 54.6 Å². The number of rotatable bonds is 6. The van der Waals surface area contributed by atoms with E-state index in [1.165, 1.54) is 12.8 Å². The Morgan fingerprint density at radius 1 is 1.03 bits per heavy atom. The average Bonchev–Trinajstić information content (AvgIpc) is 3.48. The lowest BCUT2D eigenvalue weighted by Crippen LogP contribution is -2.32. The molecule has 3 N–H and O–H groups in total. The highest BCUT2D eigenvalue weighted by Crippen LogP contribution is 2.32. The van der Waals surface area contributed by atoms with E-state index >= 15 is 0 Å². The van der Waals surface area contributed by atoms with Crippen molar-refractivity contribution in [3.63, 3.8) is 0 Å². The summed E-state index contributed by atoms with van der Waals surface area (Å²) in [6.45, 7) is 1.81. The van der Waals surface area contributed by atoms with Gasteiger partial charge < -0.3 is 25.4 Å². The van der Waals surface area contributed by atoms with Crippen LogP contribution in [0.25, 0.3) is 11.0 Å². The molecule has 1 saturated carbocycles. The molecule has 0 radical (unpaired) electrons. The maximum Gasteiger partial charge on any atom is 0.319 e. The third-order valence-electron chi connectivity index (χ3n) is 5.88. The molecule has 3 aromatic rings. The number of carbonyl (C=O) groups is 2. The standard InChI is InChI=1S/C23H26N6O4/c30-22(25-16-3-1-2-4-16)15-5-7-19-18(13-15)27-28-29(19)10-9-24-23(31)26-17-6-8-20-21(14-17)33-12-11-32-20/h5-8,13-14,16H,1-4,9-12H2,(H,25,30)(H2,24,26,31). The molecule has 10 heteroatoms. The molecule has 1 aliphatic heterocycles. The first-order chi connectivity index (χ1) is 16.2. The zero-order valence-electron chi connectivity index (χ0n) is 18.2. The number of hydrogen-bond acceptors (Lipinski definition) is 6. The SMILES string of the molecule is O=C(NCCn1nnc2cc(C(=O)NC3CCCC3)ccc21)Nc1ccc2c(c1)OCCO2. The van der Waals surface area contributed by atoms with E-state index in [0.717, 1.165) is 18.4 Å². The highest BCUT2D eigenvalue weighted by Gasteiger charge is 2.19. The van der Waals surface area contributed by atoms with Crippen LogP contribution in [0.1, 0.15) is 36.0 Å². The summed E-state index contributed by atoms with van der Waals surface area (Å²) >= 11 is 0. The van der Waals surface area contributed by atoms with E-state index in [4.69, 9.17) is 9.47 Å². The third-order valence-corrected chi connectivity index (χ3v) is 5.88. The third kappa shape index (κ3) is 4.84. The number of nitrogens with one attached hydrogen (secondary N) is 3. The van der Waals surface area contributed by atoms with Crippen molar-refractivity contribution in [1.82, 2.24) is 25.6 Å². The number of amides is 3. The van der Waals surface area contributed by atoms with Crippen LogP contribution in [0.15, 0.2) is 36.4 Å². The molecular weight excluding hydrogens is 424 g/mol. The van der Waals surface area contributed by atoms with Crippen LogP contribution in [0.3, 0.4) is 0 Å². The Kier molecular flexibility index (Phi) is 5.97. The van der Waals surface area contributed by atoms with Gasteiger partial charge in [-0.3, -0.25) is 4.79 Å². The van der Waals surface area contributed by atoms with Gasteiger partial charge in [-0.25, -0.2) is 9.48 Å². The number of benzene rings is 2. The van der Waals surface area contributed by atoms with Crippen molar-refractivity contribution < 1.29 is 19.1 Å². The van der Waals surface area contributed by atoms with Crippen molar-refractivity contribution in [2.45, 2.75) is 38.3 Å². The zero-order valence-corrected chi connectivity index (χ0v) is 18.2. The summed E-state index contributed by atoms with van der Waals surface area (Å²) in [6, 6.07) is 10.6. The summed E-state index contributed by atoms with van der Waals surface area (Å²) in [5.41, 5.74) is 2.65. The predicted molar refractivity (Wildman–Crippen MR) is 122 cm³/mol. The number of hydrogen-bond donors (Lipinski definition) is 3. The number of urea groups is 1. The molecule has 2 heterocycles. The highest BCUT2D eigenvalue weighted by molar-refractivity contribution is 5.97. The van der Waals surface area contributed by atoms with E-state index in [1.54, 1.807) is 35.0 Å². The first-order valence-electron chi connectivity index (χ1n) is 11.2. The first-order valence-corrected chi connectivity index (χ1v) is 11.2. The molecule has 33 heavy (non-hydrogen) atoms. The molecule has 10 nitrogen and oxygen atoms in total. The molecule has 2 aromatic carbocycles. The highest BCUT2D eigenvalue weighted by atomic mass is 16.6. The van der Waals surface area contributed by atoms with E-state index in [-0.39, 0.29) is 18.0 Å². The summed E-state index contributed by atoms with van der Waals surface area (Å²) in [4.78, 5) is 24.7. The van der Waals surface area contributed by atoms with Gasteiger partial charge in [-0.2, -0.15) is 0 Å². The molecule has 1 aromatic heterocycles. The summed E-state index contributed by atoms with van der Waals surface area (Å²) in [5.74, 6) is 1.21. The minimum Gasteiger partial charge on any atom is -0.486 e. The predicted octanol–water partition coefficient (Wildman–Crippen LogP) is 2.70. The Morgan fingerprint density at radius 2 is 1.85 bits per heavy atom. The first kappa shape index (κ1) is 21.0. The molecule has 5 rings (SSSR count). The van der Waals surface area contributed by atoms with Crippen LogP contribution in [0.5, 0.6) is 11.5 Å². The molecule has 172 valence electrons. The number of anilines is 1. The Morgan fingerprint density at radius 3 is 2.70 bits per heavy atom. The van der Waals surface area contributed by atoms with Crippen molar-refractivity contribution >= 4 is 28.7 Å². The smallest absolute Gasteiger partial charge is 0.319 e. The van der Waals surface area contributed by atoms with Gasteiger partial charge in [-0.15, -0.1) is 5.10 Å². The van der Waals surface area contributed by atoms with E-state index in [9.17, 15) is 9.59 Å². The number of nitrogens with zero attached hydrogens (tertiary/aromatic N) is 3. The lowest BCUT2D eigenvalue weighted by Gasteiger charge is -2.19. The lowest BCUT2D eigenvalue weighted by molar-refractivity contribution is 0.0938. The van der Waals surface area contributed by atoms with E-state index < -0.39 is 0 Å². The van der Waals surface area contributed by atoms with Gasteiger partial charge in [0.05, 0.1) is 12.1 Å². The molecule has 1 fully saturated rings. The number of carbonyl (C=O) groups excluding carboxylic acids is 2. The van der Waals surface area contributed by atoms with Crippen LogP contribution in [0.2, 0.25) is 0 Å². The average molecular weight is 450 g/mol. The van der Waals surface area contributed by atoms with E-state index in [2.05, 4.69) is 26.3 Å². The minimum atomic E-state index is -0.332. The van der Waals surface area contributed by atoms with Gasteiger partial charge in [-0.1, -0.05) is 18.1 Å². The number of fused-ring (bicyclic) bond motifs is 2. The van der Waals surface area contributed by atoms with Crippen LogP contribution in [0.4, 0.5) is 10.5 Å². The molecular formula is C23H26N6O4. The quantitative estimate of drug-likeness (QED) is 0.531. The zero-order chi connectivity index (χ0) is 22.6. The Labute approximate surface area is 190 Å². The topological polar surface area (TPSA) is 119 Å². The van der Waals surface area contributed by atoms with Gasteiger partial charge in [0.25, 0.3) is 5.91 Å². The molecule has 3 amide bonds. The van der Waals surface area contributed by atoms with Crippen molar-refractivity contribution in [3.05, 3.63) is 42.0 Å². The van der Waals surface area contributed by atoms with Crippen LogP contribution in [-0.4, -0.2) is 52.7 Å². The second-order valence-corrected chi connectivity index (χ2v) is 8.21. The monoisotopic (exact) mass is 450 g/mol. The van der Waals surface area contributed by atoms with Crippen molar-refractivity contribution in [2.75, 3.05) is 25.1 Å². The Bertz CT molecular complexity index is 1170. The van der Waals surface area contributed by atoms with Crippen molar-refractivity contribution in [1.29, 1.82) is 0 Å². The van der Waals surface area contributed by atoms with Crippen LogP contribution in [-0.2, 0) is 6.54 Å². The second kappa shape index (κ2) is 9.35. The molecule has 0 atom stereocenters. The van der Waals surface area contributed by atoms with Gasteiger partial charge in [0, 0.05) is 29.9 Å². The number of aromatic nitrogens is 3. The fourth-order valence-electron chi connectivity index (χ4n) is 4.19. The van der Waals surface area contributed by atoms with Gasteiger partial charge in [0.15, 0.2) is 11.5 Å². The summed E-state index contributed by atoms with van der Waals surface area (Å²) in [6.07, 6.45) is 4.42. The second-order valence-electron chi connectivity index (χ2n) is 8.21. The number of ether oxygens (including phenoxy) is 2. The van der Waals surface area contributed by atoms with Gasteiger partial charge in [0.2, 0.25) is 0 Å². The maximum absolute atomic E-state index is 12.5. The molecule has 2 aliphatic rings. The van der Waals surface area contributed by atoms with Crippen LogP contribution in [0, 0.1) is 0 Å².